The highest BCUT2D eigenvalue weighted by Gasteiger charge is 2.21. The molecule has 12 heteroatoms. The van der Waals surface area contributed by atoms with E-state index in [-0.39, 0.29) is 36.7 Å². The Morgan fingerprint density at radius 2 is 1.65 bits per heavy atom. The van der Waals surface area contributed by atoms with Crippen LogP contribution in [0.2, 0.25) is 0 Å². The van der Waals surface area contributed by atoms with Gasteiger partial charge in [0.05, 0.1) is 5.69 Å². The van der Waals surface area contributed by atoms with Crippen molar-refractivity contribution in [2.75, 3.05) is 11.1 Å². The van der Waals surface area contributed by atoms with Crippen LogP contribution in [0.3, 0.4) is 0 Å². The number of hydrogen-bond acceptors (Lipinski definition) is 7. The van der Waals surface area contributed by atoms with Crippen LogP contribution in [0.5, 0.6) is 0 Å². The maximum Gasteiger partial charge on any atom is 0.326 e. The van der Waals surface area contributed by atoms with Crippen molar-refractivity contribution in [3.05, 3.63) is 76.1 Å². The molecule has 0 aliphatic carbocycles. The zero-order valence-corrected chi connectivity index (χ0v) is 19.6. The number of carboxylic acid groups (broad SMARTS) is 2. The number of nitrogens with one attached hydrogen (secondary N) is 3. The molecule has 1 aromatic heterocycles. The van der Waals surface area contributed by atoms with Gasteiger partial charge in [-0.15, -0.1) is 0 Å². The fourth-order valence-electron chi connectivity index (χ4n) is 3.52. The van der Waals surface area contributed by atoms with Gasteiger partial charge >= 0.3 is 11.9 Å². The Morgan fingerprint density at radius 3 is 2.27 bits per heavy atom. The van der Waals surface area contributed by atoms with E-state index >= 15 is 0 Å². The lowest BCUT2D eigenvalue weighted by Crippen LogP contribution is -2.41. The van der Waals surface area contributed by atoms with E-state index in [1.807, 2.05) is 6.07 Å². The smallest absolute Gasteiger partial charge is 0.326 e. The van der Waals surface area contributed by atoms with E-state index in [1.54, 1.807) is 24.3 Å². The molecule has 0 bridgehead atoms. The van der Waals surface area contributed by atoms with Crippen molar-refractivity contribution in [3.8, 4) is 11.3 Å². The van der Waals surface area contributed by atoms with Gasteiger partial charge in [-0.1, -0.05) is 30.3 Å². The molecule has 0 spiro atoms. The highest BCUT2D eigenvalue weighted by atomic mass is 16.4. The van der Waals surface area contributed by atoms with E-state index in [0.29, 0.717) is 22.5 Å². The molecule has 0 saturated carbocycles. The van der Waals surface area contributed by atoms with Gasteiger partial charge < -0.3 is 26.6 Å². The molecule has 7 N–H and O–H groups in total. The van der Waals surface area contributed by atoms with Crippen molar-refractivity contribution in [1.29, 1.82) is 0 Å². The molecule has 1 heterocycles. The summed E-state index contributed by atoms with van der Waals surface area (Å²) in [5.41, 5.74) is 7.19. The van der Waals surface area contributed by atoms with Gasteiger partial charge in [-0.25, -0.2) is 9.78 Å². The minimum atomic E-state index is -1.35. The molecule has 2 amide bonds. The Morgan fingerprint density at radius 1 is 0.973 bits per heavy atom. The van der Waals surface area contributed by atoms with Gasteiger partial charge in [0.25, 0.3) is 11.5 Å². The predicted molar refractivity (Wildman–Crippen MR) is 134 cm³/mol. The molecule has 1 unspecified atom stereocenters. The second-order valence-corrected chi connectivity index (χ2v) is 8.07. The second-order valence-electron chi connectivity index (χ2n) is 8.07. The average molecular weight is 508 g/mol. The third-order valence-corrected chi connectivity index (χ3v) is 5.36. The number of anilines is 2. The van der Waals surface area contributed by atoms with Crippen LogP contribution in [0, 0.1) is 0 Å². The molecular formula is C25H25N5O7. The molecule has 0 saturated heterocycles. The number of nitrogens with two attached hydrogens (primary N) is 1. The van der Waals surface area contributed by atoms with Crippen molar-refractivity contribution < 1.29 is 29.4 Å². The quantitative estimate of drug-likeness (QED) is 0.223. The van der Waals surface area contributed by atoms with E-state index in [4.69, 9.17) is 10.8 Å². The van der Waals surface area contributed by atoms with E-state index in [0.717, 1.165) is 0 Å². The van der Waals surface area contributed by atoms with Gasteiger partial charge in [-0.3, -0.25) is 24.2 Å². The number of carbonyl (C=O) groups excluding carboxylic acids is 2. The van der Waals surface area contributed by atoms with Gasteiger partial charge in [0.2, 0.25) is 11.9 Å². The molecule has 37 heavy (non-hydrogen) atoms. The molecule has 0 fully saturated rings. The van der Waals surface area contributed by atoms with E-state index < -0.39 is 35.9 Å². The lowest BCUT2D eigenvalue weighted by Gasteiger charge is -2.14. The van der Waals surface area contributed by atoms with Crippen molar-refractivity contribution in [1.82, 2.24) is 15.3 Å². The maximum absolute atomic E-state index is 12.5. The first-order valence-electron chi connectivity index (χ1n) is 11.2. The highest BCUT2D eigenvalue weighted by molar-refractivity contribution is 5.97. The molecule has 0 aliphatic heterocycles. The zero-order chi connectivity index (χ0) is 26.9. The SMILES string of the molecule is Nc1nc(-c2ccccc2)c(CCC(=O)Nc2ccc(C(=O)NC(CCC(=O)O)C(=O)O)cc2)c(=O)[nH]1. The van der Waals surface area contributed by atoms with E-state index in [1.165, 1.54) is 24.3 Å². The molecule has 0 radical (unpaired) electrons. The number of hydrogen-bond donors (Lipinski definition) is 6. The summed E-state index contributed by atoms with van der Waals surface area (Å²) in [7, 11) is 0. The number of H-pyrrole nitrogens is 1. The first-order valence-corrected chi connectivity index (χ1v) is 11.2. The number of aliphatic carboxylic acids is 2. The number of rotatable bonds is 11. The standard InChI is InChI=1S/C25H25N5O7/c26-25-29-21(14-4-2-1-3-5-14)17(23(35)30-25)10-12-19(31)27-16-8-6-15(7-9-16)22(34)28-18(24(36)37)11-13-20(32)33/h1-9,18H,10-13H2,(H,27,31)(H,28,34)(H,32,33)(H,36,37)(H3,26,29,30,35). The fourth-order valence-corrected chi connectivity index (χ4v) is 3.52. The third kappa shape index (κ3) is 7.49. The number of aromatic amines is 1. The van der Waals surface area contributed by atoms with Crippen LogP contribution >= 0.6 is 0 Å². The second kappa shape index (κ2) is 12.1. The Labute approximate surface area is 210 Å². The first kappa shape index (κ1) is 26.6. The average Bonchev–Trinajstić information content (AvgIpc) is 2.86. The minimum absolute atomic E-state index is 0.0272. The van der Waals surface area contributed by atoms with Crippen LogP contribution in [0.1, 0.15) is 35.2 Å². The van der Waals surface area contributed by atoms with Crippen LogP contribution < -0.4 is 21.9 Å². The molecule has 1 atom stereocenters. The number of benzene rings is 2. The Kier molecular flexibility index (Phi) is 8.71. The van der Waals surface area contributed by atoms with Gasteiger partial charge in [0, 0.05) is 35.2 Å². The normalized spacial score (nSPS) is 11.4. The van der Waals surface area contributed by atoms with Crippen LogP contribution in [-0.4, -0.2) is 50.0 Å². The Bertz CT molecular complexity index is 1350. The number of amides is 2. The molecule has 12 nitrogen and oxygen atoms in total. The lowest BCUT2D eigenvalue weighted by atomic mass is 10.0. The van der Waals surface area contributed by atoms with Gasteiger partial charge in [-0.05, 0) is 37.1 Å². The van der Waals surface area contributed by atoms with Crippen molar-refractivity contribution >= 4 is 35.4 Å². The summed E-state index contributed by atoms with van der Waals surface area (Å²) in [4.78, 5) is 66.0. The van der Waals surface area contributed by atoms with Crippen LogP contribution in [0.25, 0.3) is 11.3 Å². The molecule has 2 aromatic carbocycles. The van der Waals surface area contributed by atoms with Gasteiger partial charge in [0.15, 0.2) is 0 Å². The van der Waals surface area contributed by atoms with Crippen molar-refractivity contribution in [2.24, 2.45) is 0 Å². The topological polar surface area (TPSA) is 205 Å². The van der Waals surface area contributed by atoms with Crippen LogP contribution in [0.15, 0.2) is 59.4 Å². The highest BCUT2D eigenvalue weighted by Crippen LogP contribution is 2.21. The predicted octanol–water partition coefficient (Wildman–Crippen LogP) is 1.64. The monoisotopic (exact) mass is 507 g/mol. The Hall–Kier alpha value is -5.00. The summed E-state index contributed by atoms with van der Waals surface area (Å²) in [5.74, 6) is -3.62. The number of nitrogens with zero attached hydrogens (tertiary/aromatic N) is 1. The number of aromatic nitrogens is 2. The first-order chi connectivity index (χ1) is 17.6. The Balaban J connectivity index is 1.62. The molecule has 192 valence electrons. The van der Waals surface area contributed by atoms with Gasteiger partial charge in [0.1, 0.15) is 6.04 Å². The summed E-state index contributed by atoms with van der Waals surface area (Å²) >= 11 is 0. The third-order valence-electron chi connectivity index (χ3n) is 5.36. The molecule has 0 aliphatic rings. The number of nitrogen functional groups attached to an aromatic ring is 1. The van der Waals surface area contributed by atoms with Crippen molar-refractivity contribution in [2.45, 2.75) is 31.7 Å². The van der Waals surface area contributed by atoms with E-state index in [2.05, 4.69) is 20.6 Å². The van der Waals surface area contributed by atoms with Gasteiger partial charge in [-0.2, -0.15) is 0 Å². The summed E-state index contributed by atoms with van der Waals surface area (Å²) in [6, 6.07) is 13.4. The zero-order valence-electron chi connectivity index (χ0n) is 19.6. The molecule has 3 aromatic rings. The van der Waals surface area contributed by atoms with Crippen LogP contribution in [-0.2, 0) is 20.8 Å². The number of carbonyl (C=O) groups is 4. The van der Waals surface area contributed by atoms with Crippen molar-refractivity contribution in [3.63, 3.8) is 0 Å². The summed E-state index contributed by atoms with van der Waals surface area (Å²) in [5, 5.41) is 22.9. The largest absolute Gasteiger partial charge is 0.481 e. The summed E-state index contributed by atoms with van der Waals surface area (Å²) in [6.45, 7) is 0. The van der Waals surface area contributed by atoms with E-state index in [9.17, 15) is 29.1 Å². The fraction of sp³-hybridized carbons (Fsp3) is 0.200. The summed E-state index contributed by atoms with van der Waals surface area (Å²) < 4.78 is 0. The molecule has 3 rings (SSSR count). The maximum atomic E-state index is 12.5. The number of carboxylic acids is 2. The van der Waals surface area contributed by atoms with Crippen LogP contribution in [0.4, 0.5) is 11.6 Å². The minimum Gasteiger partial charge on any atom is -0.481 e. The lowest BCUT2D eigenvalue weighted by molar-refractivity contribution is -0.140. The summed E-state index contributed by atoms with van der Waals surface area (Å²) in [6.07, 6.45) is -0.594. The molecular weight excluding hydrogens is 482 g/mol.